The average Bonchev–Trinajstić information content (AvgIpc) is 3.24. The number of ether oxygens (including phenoxy) is 1. The van der Waals surface area contributed by atoms with Crippen LogP contribution in [0.3, 0.4) is 0 Å². The number of anilines is 1. The predicted octanol–water partition coefficient (Wildman–Crippen LogP) is 3.71. The molecule has 28 heavy (non-hydrogen) atoms. The van der Waals surface area contributed by atoms with Crippen LogP contribution in [0.4, 0.5) is 5.69 Å². The molecule has 2 aliphatic rings. The van der Waals surface area contributed by atoms with Crippen LogP contribution in [0.2, 0.25) is 0 Å². The summed E-state index contributed by atoms with van der Waals surface area (Å²) in [6.45, 7) is 1.28. The van der Waals surface area contributed by atoms with Gasteiger partial charge in [0.05, 0.1) is 16.7 Å². The summed E-state index contributed by atoms with van der Waals surface area (Å²) in [5.41, 5.74) is 2.29. The number of amides is 2. The molecule has 6 heteroatoms. The molecule has 0 spiro atoms. The molecule has 0 aromatic heterocycles. The Labute approximate surface area is 168 Å². The van der Waals surface area contributed by atoms with Crippen molar-refractivity contribution in [2.75, 3.05) is 25.1 Å². The number of nitrogens with one attached hydrogen (secondary N) is 1. The molecule has 2 aromatic rings. The molecule has 2 aliphatic heterocycles. The number of fused-ring (bicyclic) bond motifs is 1. The molecular weight excluding hydrogens is 372 g/mol. The number of hydrogen-bond acceptors (Lipinski definition) is 4. The number of benzene rings is 2. The van der Waals surface area contributed by atoms with E-state index in [2.05, 4.69) is 5.32 Å². The number of thioether (sulfide) groups is 1. The van der Waals surface area contributed by atoms with Crippen LogP contribution in [0, 0.1) is 0 Å². The fourth-order valence-electron chi connectivity index (χ4n) is 3.35. The maximum Gasteiger partial charge on any atom is 0.264 e. The first-order valence-corrected chi connectivity index (χ1v) is 10.2. The Bertz CT molecular complexity index is 921. The van der Waals surface area contributed by atoms with E-state index in [9.17, 15) is 9.59 Å². The number of carbonyl (C=O) groups excluding carboxylic acids is 2. The fourth-order valence-corrected chi connectivity index (χ4v) is 4.44. The van der Waals surface area contributed by atoms with Gasteiger partial charge in [-0.3, -0.25) is 9.59 Å². The highest BCUT2D eigenvalue weighted by Crippen LogP contribution is 2.41. The topological polar surface area (TPSA) is 58.6 Å². The van der Waals surface area contributed by atoms with Crippen LogP contribution >= 0.6 is 11.8 Å². The normalized spacial score (nSPS) is 20.3. The van der Waals surface area contributed by atoms with Crippen molar-refractivity contribution in [1.29, 1.82) is 0 Å². The largest absolute Gasteiger partial charge is 0.376 e. The first-order chi connectivity index (χ1) is 13.6. The van der Waals surface area contributed by atoms with E-state index >= 15 is 0 Å². The van der Waals surface area contributed by atoms with Gasteiger partial charge in [-0.15, -0.1) is 0 Å². The van der Waals surface area contributed by atoms with E-state index in [1.54, 1.807) is 24.1 Å². The Hall–Kier alpha value is -2.57. The van der Waals surface area contributed by atoms with Gasteiger partial charge in [0.2, 0.25) is 0 Å². The van der Waals surface area contributed by atoms with E-state index in [4.69, 9.17) is 4.74 Å². The smallest absolute Gasteiger partial charge is 0.264 e. The minimum atomic E-state index is -0.144. The van der Waals surface area contributed by atoms with Gasteiger partial charge in [0.25, 0.3) is 11.8 Å². The lowest BCUT2D eigenvalue weighted by molar-refractivity contribution is -0.114. The van der Waals surface area contributed by atoms with E-state index in [1.807, 2.05) is 42.5 Å². The van der Waals surface area contributed by atoms with Crippen molar-refractivity contribution in [3.63, 3.8) is 0 Å². The third kappa shape index (κ3) is 3.98. The molecule has 0 radical (unpaired) electrons. The highest BCUT2D eigenvalue weighted by molar-refractivity contribution is 8.04. The van der Waals surface area contributed by atoms with Crippen molar-refractivity contribution >= 4 is 35.3 Å². The summed E-state index contributed by atoms with van der Waals surface area (Å²) in [5, 5.41) is 2.93. The zero-order valence-corrected chi connectivity index (χ0v) is 16.5. The number of hydrogen-bond donors (Lipinski definition) is 1. The lowest BCUT2D eigenvalue weighted by Crippen LogP contribution is -2.33. The maximum atomic E-state index is 12.8. The summed E-state index contributed by atoms with van der Waals surface area (Å²) in [6, 6.07) is 15.3. The van der Waals surface area contributed by atoms with Crippen molar-refractivity contribution in [3.05, 3.63) is 64.6 Å². The van der Waals surface area contributed by atoms with Gasteiger partial charge in [0.15, 0.2) is 0 Å². The van der Waals surface area contributed by atoms with Crippen molar-refractivity contribution in [1.82, 2.24) is 5.32 Å². The van der Waals surface area contributed by atoms with Gasteiger partial charge >= 0.3 is 0 Å². The highest BCUT2D eigenvalue weighted by atomic mass is 32.2. The monoisotopic (exact) mass is 394 g/mol. The Balaban J connectivity index is 1.52. The average molecular weight is 394 g/mol. The Morgan fingerprint density at radius 1 is 1.29 bits per heavy atom. The minimum absolute atomic E-state index is 0.0710. The standard InChI is InChI=1S/C22H22N2O3S/c1-24-18-13-16(21(25)23-14-17-8-5-11-27-17)9-10-19(18)28-20(22(24)26)12-15-6-3-2-4-7-15/h2-4,6-7,9-10,12-13,17H,5,8,11,14H2,1H3,(H,23,25)/b20-12+/t17-/m1/s1. The van der Waals surface area contributed by atoms with E-state index in [0.29, 0.717) is 17.0 Å². The molecule has 144 valence electrons. The van der Waals surface area contributed by atoms with Crippen LogP contribution in [-0.2, 0) is 9.53 Å². The molecule has 0 unspecified atom stereocenters. The van der Waals surface area contributed by atoms with E-state index in [1.165, 1.54) is 11.8 Å². The van der Waals surface area contributed by atoms with Crippen molar-refractivity contribution < 1.29 is 14.3 Å². The molecular formula is C22H22N2O3S. The van der Waals surface area contributed by atoms with Crippen molar-refractivity contribution in [2.45, 2.75) is 23.8 Å². The summed E-state index contributed by atoms with van der Waals surface area (Å²) in [5.74, 6) is -0.215. The Morgan fingerprint density at radius 3 is 2.86 bits per heavy atom. The van der Waals surface area contributed by atoms with Gasteiger partial charge < -0.3 is 15.0 Å². The molecule has 1 fully saturated rings. The van der Waals surface area contributed by atoms with Crippen LogP contribution < -0.4 is 10.2 Å². The highest BCUT2D eigenvalue weighted by Gasteiger charge is 2.27. The van der Waals surface area contributed by atoms with E-state index in [-0.39, 0.29) is 17.9 Å². The van der Waals surface area contributed by atoms with Crippen LogP contribution in [0.15, 0.2) is 58.3 Å². The van der Waals surface area contributed by atoms with Gasteiger partial charge in [0.1, 0.15) is 0 Å². The summed E-state index contributed by atoms with van der Waals surface area (Å²) in [6.07, 6.45) is 4.03. The quantitative estimate of drug-likeness (QED) is 0.804. The minimum Gasteiger partial charge on any atom is -0.376 e. The van der Waals surface area contributed by atoms with Crippen LogP contribution in [0.1, 0.15) is 28.8 Å². The van der Waals surface area contributed by atoms with E-state index < -0.39 is 0 Å². The molecule has 0 bridgehead atoms. The van der Waals surface area contributed by atoms with Crippen LogP contribution in [0.25, 0.3) is 6.08 Å². The lowest BCUT2D eigenvalue weighted by Gasteiger charge is -2.27. The predicted molar refractivity (Wildman–Crippen MR) is 111 cm³/mol. The Morgan fingerprint density at radius 2 is 2.11 bits per heavy atom. The molecule has 1 atom stereocenters. The number of nitrogens with zero attached hydrogens (tertiary/aromatic N) is 1. The second-order valence-electron chi connectivity index (χ2n) is 6.91. The third-order valence-corrected chi connectivity index (χ3v) is 6.01. The van der Waals surface area contributed by atoms with Gasteiger partial charge in [-0.05, 0) is 42.7 Å². The molecule has 1 N–H and O–H groups in total. The van der Waals surface area contributed by atoms with Crippen molar-refractivity contribution in [2.24, 2.45) is 0 Å². The summed E-state index contributed by atoms with van der Waals surface area (Å²) >= 11 is 1.44. The molecule has 1 saturated heterocycles. The molecule has 2 aromatic carbocycles. The van der Waals surface area contributed by atoms with Crippen molar-refractivity contribution in [3.8, 4) is 0 Å². The lowest BCUT2D eigenvalue weighted by atomic mass is 10.1. The zero-order valence-electron chi connectivity index (χ0n) is 15.7. The maximum absolute atomic E-state index is 12.8. The molecule has 5 nitrogen and oxygen atoms in total. The molecule has 4 rings (SSSR count). The number of carbonyl (C=O) groups is 2. The van der Waals surface area contributed by atoms with E-state index in [0.717, 1.165) is 35.6 Å². The molecule has 2 amide bonds. The first-order valence-electron chi connectivity index (χ1n) is 9.38. The molecule has 2 heterocycles. The zero-order chi connectivity index (χ0) is 19.5. The van der Waals surface area contributed by atoms with Gasteiger partial charge in [-0.2, -0.15) is 0 Å². The molecule has 0 saturated carbocycles. The molecule has 0 aliphatic carbocycles. The summed E-state index contributed by atoms with van der Waals surface area (Å²) in [4.78, 5) is 28.5. The second-order valence-corrected chi connectivity index (χ2v) is 8.00. The fraction of sp³-hybridized carbons (Fsp3) is 0.273. The summed E-state index contributed by atoms with van der Waals surface area (Å²) < 4.78 is 5.54. The van der Waals surface area contributed by atoms with Gasteiger partial charge in [-0.1, -0.05) is 42.1 Å². The third-order valence-electron chi connectivity index (χ3n) is 4.93. The van der Waals surface area contributed by atoms with Gasteiger partial charge in [-0.25, -0.2) is 0 Å². The number of likely N-dealkylation sites (N-methyl/N-ethyl adjacent to an activating group) is 1. The first kappa shape index (κ1) is 18.8. The van der Waals surface area contributed by atoms with Crippen LogP contribution in [0.5, 0.6) is 0 Å². The second kappa shape index (κ2) is 8.20. The van der Waals surface area contributed by atoms with Crippen LogP contribution in [-0.4, -0.2) is 38.1 Å². The SMILES string of the molecule is CN1C(=O)/C(=C\c2ccccc2)Sc2ccc(C(=O)NC[C@H]3CCCO3)cc21. The Kier molecular flexibility index (Phi) is 5.50. The summed E-state index contributed by atoms with van der Waals surface area (Å²) in [7, 11) is 1.74. The number of rotatable bonds is 4. The van der Waals surface area contributed by atoms with Gasteiger partial charge in [0, 0.05) is 30.7 Å².